The van der Waals surface area contributed by atoms with E-state index in [1.54, 1.807) is 20.8 Å². The number of amides is 2. The van der Waals surface area contributed by atoms with E-state index in [1.165, 1.54) is 6.07 Å². The Hall–Kier alpha value is -2.29. The molecule has 1 aromatic heterocycles. The molecule has 28 heavy (non-hydrogen) atoms. The molecule has 1 fully saturated rings. The van der Waals surface area contributed by atoms with Crippen LogP contribution in [0.3, 0.4) is 0 Å². The quantitative estimate of drug-likeness (QED) is 0.774. The molecule has 2 amide bonds. The molecule has 1 saturated carbocycles. The van der Waals surface area contributed by atoms with E-state index in [0.29, 0.717) is 17.5 Å². The first kappa shape index (κ1) is 20.4. The number of thiazole rings is 1. The fourth-order valence-electron chi connectivity index (χ4n) is 3.25. The van der Waals surface area contributed by atoms with Gasteiger partial charge in [-0.1, -0.05) is 17.8 Å². The molecule has 3 rings (SSSR count). The third-order valence-electron chi connectivity index (χ3n) is 4.41. The van der Waals surface area contributed by atoms with Crippen molar-refractivity contribution in [3.05, 3.63) is 23.8 Å². The van der Waals surface area contributed by atoms with Gasteiger partial charge in [0.05, 0.1) is 4.70 Å². The lowest BCUT2D eigenvalue weighted by Crippen LogP contribution is -2.43. The highest BCUT2D eigenvalue weighted by molar-refractivity contribution is 7.22. The molecule has 1 aliphatic rings. The third-order valence-corrected chi connectivity index (χ3v) is 5.33. The molecule has 0 bridgehead atoms. The van der Waals surface area contributed by atoms with Gasteiger partial charge in [-0.05, 0) is 46.1 Å². The van der Waals surface area contributed by atoms with Gasteiger partial charge >= 0.3 is 6.09 Å². The van der Waals surface area contributed by atoms with Crippen LogP contribution in [0.2, 0.25) is 0 Å². The summed E-state index contributed by atoms with van der Waals surface area (Å²) < 4.78 is 32.7. The summed E-state index contributed by atoms with van der Waals surface area (Å²) in [5, 5.41) is 5.74. The van der Waals surface area contributed by atoms with Gasteiger partial charge in [0.1, 0.15) is 16.9 Å². The van der Waals surface area contributed by atoms with Gasteiger partial charge in [-0.3, -0.25) is 4.79 Å². The van der Waals surface area contributed by atoms with Gasteiger partial charge in [0, 0.05) is 18.0 Å². The standard InChI is InChI=1S/C19H23F2N3O3S/c1-19(2,3)27-18(26)22-12-6-4-5-10(7-12)16(25)24-17-23-15-13(21)8-11(20)9-14(15)28-17/h8-10,12H,4-7H2,1-3H3,(H,22,26)(H,23,24,25). The van der Waals surface area contributed by atoms with Crippen molar-refractivity contribution in [1.29, 1.82) is 0 Å². The van der Waals surface area contributed by atoms with Crippen LogP contribution >= 0.6 is 11.3 Å². The Morgan fingerprint density at radius 1 is 1.25 bits per heavy atom. The summed E-state index contributed by atoms with van der Waals surface area (Å²) in [6.45, 7) is 5.36. The number of hydrogen-bond donors (Lipinski definition) is 2. The number of benzene rings is 1. The smallest absolute Gasteiger partial charge is 0.407 e. The number of hydrogen-bond acceptors (Lipinski definition) is 5. The van der Waals surface area contributed by atoms with Crippen molar-refractivity contribution < 1.29 is 23.1 Å². The molecule has 2 unspecified atom stereocenters. The first-order valence-corrected chi connectivity index (χ1v) is 9.98. The Bertz CT molecular complexity index is 894. The van der Waals surface area contributed by atoms with E-state index in [4.69, 9.17) is 4.74 Å². The number of alkyl carbamates (subject to hydrolysis) is 1. The van der Waals surface area contributed by atoms with Gasteiger partial charge in [-0.25, -0.2) is 18.6 Å². The zero-order valence-electron chi connectivity index (χ0n) is 16.0. The lowest BCUT2D eigenvalue weighted by molar-refractivity contribution is -0.121. The highest BCUT2D eigenvalue weighted by atomic mass is 32.1. The molecule has 2 aromatic rings. The fourth-order valence-corrected chi connectivity index (χ4v) is 4.16. The van der Waals surface area contributed by atoms with Gasteiger partial charge in [-0.2, -0.15) is 0 Å². The molecule has 1 aromatic carbocycles. The molecule has 6 nitrogen and oxygen atoms in total. The Balaban J connectivity index is 1.61. The summed E-state index contributed by atoms with van der Waals surface area (Å²) in [6.07, 6.45) is 2.24. The molecule has 1 heterocycles. The molecular formula is C19H23F2N3O3S. The first-order chi connectivity index (χ1) is 13.1. The number of rotatable bonds is 3. The topological polar surface area (TPSA) is 80.3 Å². The molecule has 0 spiro atoms. The van der Waals surface area contributed by atoms with E-state index >= 15 is 0 Å². The number of anilines is 1. The molecule has 1 aliphatic carbocycles. The highest BCUT2D eigenvalue weighted by Crippen LogP contribution is 2.31. The summed E-state index contributed by atoms with van der Waals surface area (Å²) in [6, 6.07) is 1.80. The van der Waals surface area contributed by atoms with Crippen LogP contribution in [0.5, 0.6) is 0 Å². The highest BCUT2D eigenvalue weighted by Gasteiger charge is 2.30. The van der Waals surface area contributed by atoms with Crippen molar-refractivity contribution in [2.45, 2.75) is 58.1 Å². The van der Waals surface area contributed by atoms with Crippen molar-refractivity contribution in [2.24, 2.45) is 5.92 Å². The number of fused-ring (bicyclic) bond motifs is 1. The van der Waals surface area contributed by atoms with Crippen LogP contribution in [0.1, 0.15) is 46.5 Å². The van der Waals surface area contributed by atoms with Gasteiger partial charge in [-0.15, -0.1) is 0 Å². The Morgan fingerprint density at radius 2 is 2.00 bits per heavy atom. The second kappa shape index (κ2) is 7.98. The zero-order chi connectivity index (χ0) is 20.5. The summed E-state index contributed by atoms with van der Waals surface area (Å²) in [7, 11) is 0. The molecule has 0 radical (unpaired) electrons. The van der Waals surface area contributed by atoms with E-state index in [0.717, 1.165) is 30.2 Å². The van der Waals surface area contributed by atoms with Crippen LogP contribution in [0, 0.1) is 17.6 Å². The maximum Gasteiger partial charge on any atom is 0.407 e. The summed E-state index contributed by atoms with van der Waals surface area (Å²) in [4.78, 5) is 28.6. The number of nitrogens with zero attached hydrogens (tertiary/aromatic N) is 1. The number of carbonyl (C=O) groups excluding carboxylic acids is 2. The number of aromatic nitrogens is 1. The zero-order valence-corrected chi connectivity index (χ0v) is 16.8. The van der Waals surface area contributed by atoms with Crippen LogP contribution in [0.15, 0.2) is 12.1 Å². The van der Waals surface area contributed by atoms with E-state index in [1.807, 2.05) is 0 Å². The average Bonchev–Trinajstić information content (AvgIpc) is 2.95. The monoisotopic (exact) mass is 411 g/mol. The average molecular weight is 411 g/mol. The lowest BCUT2D eigenvalue weighted by Gasteiger charge is -2.29. The van der Waals surface area contributed by atoms with Gasteiger partial charge in [0.25, 0.3) is 0 Å². The van der Waals surface area contributed by atoms with Crippen molar-refractivity contribution in [3.8, 4) is 0 Å². The van der Waals surface area contributed by atoms with Gasteiger partial charge < -0.3 is 15.4 Å². The molecule has 2 atom stereocenters. The van der Waals surface area contributed by atoms with Crippen molar-refractivity contribution >= 4 is 38.7 Å². The summed E-state index contributed by atoms with van der Waals surface area (Å²) in [5.74, 6) is -1.99. The number of ether oxygens (including phenoxy) is 1. The molecular weight excluding hydrogens is 388 g/mol. The second-order valence-electron chi connectivity index (χ2n) is 7.95. The Morgan fingerprint density at radius 3 is 2.71 bits per heavy atom. The minimum atomic E-state index is -0.758. The number of halogens is 2. The fraction of sp³-hybridized carbons (Fsp3) is 0.526. The molecule has 152 valence electrons. The van der Waals surface area contributed by atoms with Crippen LogP contribution in [-0.2, 0) is 9.53 Å². The maximum atomic E-state index is 13.8. The Kier molecular flexibility index (Phi) is 5.83. The normalized spacial score (nSPS) is 20.0. The Labute approximate surface area is 165 Å². The second-order valence-corrected chi connectivity index (χ2v) is 8.98. The van der Waals surface area contributed by atoms with Crippen molar-refractivity contribution in [2.75, 3.05) is 5.32 Å². The van der Waals surface area contributed by atoms with E-state index < -0.39 is 23.3 Å². The van der Waals surface area contributed by atoms with Gasteiger partial charge in [0.15, 0.2) is 10.9 Å². The predicted octanol–water partition coefficient (Wildman–Crippen LogP) is 4.60. The minimum absolute atomic E-state index is 0.0369. The van der Waals surface area contributed by atoms with E-state index in [-0.39, 0.29) is 28.5 Å². The van der Waals surface area contributed by atoms with Crippen LogP contribution < -0.4 is 10.6 Å². The number of nitrogens with one attached hydrogen (secondary N) is 2. The van der Waals surface area contributed by atoms with E-state index in [2.05, 4.69) is 15.6 Å². The van der Waals surface area contributed by atoms with Crippen LogP contribution in [0.25, 0.3) is 10.2 Å². The minimum Gasteiger partial charge on any atom is -0.444 e. The SMILES string of the molecule is CC(C)(C)OC(=O)NC1CCCC(C(=O)Nc2nc3c(F)cc(F)cc3s2)C1. The van der Waals surface area contributed by atoms with Crippen LogP contribution in [0.4, 0.5) is 18.7 Å². The molecule has 0 aliphatic heterocycles. The number of carbonyl (C=O) groups is 2. The summed E-state index contributed by atoms with van der Waals surface area (Å²) in [5.41, 5.74) is -0.549. The predicted molar refractivity (Wildman–Crippen MR) is 103 cm³/mol. The molecule has 2 N–H and O–H groups in total. The maximum absolute atomic E-state index is 13.8. The third kappa shape index (κ3) is 5.15. The van der Waals surface area contributed by atoms with E-state index in [9.17, 15) is 18.4 Å². The van der Waals surface area contributed by atoms with Crippen molar-refractivity contribution in [1.82, 2.24) is 10.3 Å². The van der Waals surface area contributed by atoms with Crippen molar-refractivity contribution in [3.63, 3.8) is 0 Å². The largest absolute Gasteiger partial charge is 0.444 e. The van der Waals surface area contributed by atoms with Crippen LogP contribution in [-0.4, -0.2) is 28.6 Å². The first-order valence-electron chi connectivity index (χ1n) is 9.16. The van der Waals surface area contributed by atoms with Gasteiger partial charge in [0.2, 0.25) is 5.91 Å². The lowest BCUT2D eigenvalue weighted by atomic mass is 9.85. The summed E-state index contributed by atoms with van der Waals surface area (Å²) >= 11 is 1.02. The molecule has 0 saturated heterocycles. The molecule has 9 heteroatoms.